The lowest BCUT2D eigenvalue weighted by molar-refractivity contribution is 1.70. The highest BCUT2D eigenvalue weighted by molar-refractivity contribution is 7.13. The largest absolute Gasteiger partial charge is 0.105 e. The van der Waals surface area contributed by atoms with Gasteiger partial charge in [-0.1, -0.05) is 80.0 Å². The molecule has 0 N–H and O–H groups in total. The number of hydrogen-bond acceptors (Lipinski definition) is 0. The molecule has 19 heavy (non-hydrogen) atoms. The Hall–Kier alpha value is -1.13. The van der Waals surface area contributed by atoms with E-state index in [1.807, 2.05) is 4.82 Å². The predicted octanol–water partition coefficient (Wildman–Crippen LogP) is 4.57. The van der Waals surface area contributed by atoms with Crippen LogP contribution in [0.3, 0.4) is 0 Å². The molecule has 0 aromatic heterocycles. The molecule has 0 saturated carbocycles. The number of rotatable bonds is 1. The van der Waals surface area contributed by atoms with Gasteiger partial charge >= 0.3 is 0 Å². The molecule has 0 aliphatic carbocycles. The van der Waals surface area contributed by atoms with E-state index in [0.29, 0.717) is 0 Å². The van der Waals surface area contributed by atoms with Crippen molar-refractivity contribution in [3.63, 3.8) is 0 Å². The summed E-state index contributed by atoms with van der Waals surface area (Å²) in [5.41, 5.74) is 1.49. The normalized spacial score (nSPS) is 17.4. The maximum absolute atomic E-state index is 2.54. The zero-order valence-electron chi connectivity index (χ0n) is 12.5. The van der Waals surface area contributed by atoms with E-state index in [1.54, 1.807) is 5.19 Å². The van der Waals surface area contributed by atoms with Crippen molar-refractivity contribution in [2.45, 2.75) is 32.7 Å². The molecule has 0 bridgehead atoms. The molecule has 1 aliphatic rings. The lowest BCUT2D eigenvalue weighted by Crippen LogP contribution is -2.49. The Labute approximate surface area is 118 Å². The molecule has 0 spiro atoms. The van der Waals surface area contributed by atoms with Crippen LogP contribution in [0.1, 0.15) is 5.56 Å². The fourth-order valence-corrected chi connectivity index (χ4v) is 14.8. The first-order valence-electron chi connectivity index (χ1n) is 7.07. The molecule has 1 heterocycles. The molecule has 2 aromatic carbocycles. The fourth-order valence-electron chi connectivity index (χ4n) is 3.73. The van der Waals surface area contributed by atoms with Crippen LogP contribution in [-0.4, -0.2) is 16.1 Å². The van der Waals surface area contributed by atoms with Gasteiger partial charge in [-0.2, -0.15) is 0 Å². The van der Waals surface area contributed by atoms with Crippen molar-refractivity contribution in [2.75, 3.05) is 0 Å². The zero-order valence-corrected chi connectivity index (χ0v) is 14.5. The second kappa shape index (κ2) is 3.93. The van der Waals surface area contributed by atoms with E-state index in [0.717, 1.165) is 0 Å². The first-order valence-corrected chi connectivity index (χ1v) is 13.6. The molecule has 0 unspecified atom stereocenters. The lowest BCUT2D eigenvalue weighted by atomic mass is 10.1. The average molecular weight is 283 g/mol. The van der Waals surface area contributed by atoms with Gasteiger partial charge in [0.15, 0.2) is 0 Å². The van der Waals surface area contributed by atoms with Crippen molar-refractivity contribution < 1.29 is 0 Å². The summed E-state index contributed by atoms with van der Waals surface area (Å²) in [4.78, 5) is 1.81. The summed E-state index contributed by atoms with van der Waals surface area (Å²) >= 11 is 0. The minimum atomic E-state index is -1.47. The van der Waals surface area contributed by atoms with E-state index >= 15 is 0 Å². The van der Waals surface area contributed by atoms with Crippen LogP contribution in [-0.2, 0) is 0 Å². The summed E-state index contributed by atoms with van der Waals surface area (Å²) in [5.74, 6) is 0. The van der Waals surface area contributed by atoms with Crippen LogP contribution in [0.2, 0.25) is 32.7 Å². The lowest BCUT2D eigenvalue weighted by Gasteiger charge is -2.31. The van der Waals surface area contributed by atoms with Crippen molar-refractivity contribution in [1.29, 1.82) is 0 Å². The summed E-state index contributed by atoms with van der Waals surface area (Å²) in [6, 6.07) is 13.5. The Bertz CT molecular complexity index is 688. The maximum Gasteiger partial charge on any atom is 0.105 e. The van der Waals surface area contributed by atoms with Crippen LogP contribution in [0.5, 0.6) is 0 Å². The summed E-state index contributed by atoms with van der Waals surface area (Å²) in [7, 11) is -2.69. The smallest absolute Gasteiger partial charge is 0.0858 e. The van der Waals surface area contributed by atoms with Gasteiger partial charge in [0, 0.05) is 0 Å². The third-order valence-corrected chi connectivity index (χ3v) is 13.6. The van der Waals surface area contributed by atoms with Crippen molar-refractivity contribution in [3.05, 3.63) is 46.8 Å². The topological polar surface area (TPSA) is 0 Å². The summed E-state index contributed by atoms with van der Waals surface area (Å²) in [5, 5.41) is 4.55. The van der Waals surface area contributed by atoms with E-state index in [1.165, 1.54) is 16.3 Å². The Kier molecular flexibility index (Phi) is 2.67. The minimum Gasteiger partial charge on any atom is -0.0858 e. The third-order valence-electron chi connectivity index (χ3n) is 4.37. The van der Waals surface area contributed by atoms with Gasteiger partial charge < -0.3 is 0 Å². The van der Waals surface area contributed by atoms with E-state index in [4.69, 9.17) is 0 Å². The molecular weight excluding hydrogens is 260 g/mol. The van der Waals surface area contributed by atoms with Crippen molar-refractivity contribution in [1.82, 2.24) is 0 Å². The van der Waals surface area contributed by atoms with Gasteiger partial charge in [-0.15, -0.1) is 0 Å². The maximum atomic E-state index is 2.54. The monoisotopic (exact) mass is 282 g/mol. The molecule has 0 fully saturated rings. The highest BCUT2D eigenvalue weighted by Gasteiger charge is 2.41. The summed E-state index contributed by atoms with van der Waals surface area (Å²) in [6.45, 7) is 12.5. The first kappa shape index (κ1) is 12.9. The average Bonchev–Trinajstić information content (AvgIpc) is 2.61. The predicted molar refractivity (Wildman–Crippen MR) is 92.4 cm³/mol. The molecule has 2 aromatic rings. The Morgan fingerprint density at radius 3 is 2.26 bits per heavy atom. The van der Waals surface area contributed by atoms with Crippen LogP contribution in [0.4, 0.5) is 0 Å². The molecule has 0 atom stereocenters. The van der Waals surface area contributed by atoms with Crippen LogP contribution in [0.15, 0.2) is 41.2 Å². The van der Waals surface area contributed by atoms with E-state index in [-0.39, 0.29) is 0 Å². The molecule has 2 heteroatoms. The van der Waals surface area contributed by atoms with Crippen molar-refractivity contribution in [2.24, 2.45) is 0 Å². The Balaban J connectivity index is 2.33. The third kappa shape index (κ3) is 1.85. The molecule has 3 rings (SSSR count). The fraction of sp³-hybridized carbons (Fsp3) is 0.294. The van der Waals surface area contributed by atoms with Gasteiger partial charge in [-0.3, -0.25) is 0 Å². The van der Waals surface area contributed by atoms with Gasteiger partial charge in [0.2, 0.25) is 0 Å². The van der Waals surface area contributed by atoms with E-state index in [2.05, 4.69) is 75.2 Å². The Morgan fingerprint density at radius 2 is 1.58 bits per heavy atom. The van der Waals surface area contributed by atoms with Crippen molar-refractivity contribution >= 4 is 38.2 Å². The molecular formula is C17H22Si2. The number of benzene rings is 2. The SMILES string of the molecule is C[Si](C)(C)C1=Cc2ccc3ccccc3c2[Si]1(C)C. The van der Waals surface area contributed by atoms with Gasteiger partial charge in [-0.25, -0.2) is 0 Å². The molecule has 0 amide bonds. The van der Waals surface area contributed by atoms with Crippen LogP contribution < -0.4 is 5.19 Å². The molecule has 98 valence electrons. The minimum absolute atomic E-state index is 1.22. The highest BCUT2D eigenvalue weighted by Crippen LogP contribution is 2.35. The summed E-state index contributed by atoms with van der Waals surface area (Å²) < 4.78 is 0. The van der Waals surface area contributed by atoms with E-state index < -0.39 is 16.1 Å². The highest BCUT2D eigenvalue weighted by atomic mass is 28.4. The zero-order chi connectivity index (χ0) is 13.8. The molecule has 0 saturated heterocycles. The Morgan fingerprint density at radius 1 is 0.895 bits per heavy atom. The van der Waals surface area contributed by atoms with Gasteiger partial charge in [-0.05, 0) is 21.5 Å². The van der Waals surface area contributed by atoms with Gasteiger partial charge in [0.25, 0.3) is 0 Å². The molecule has 0 nitrogen and oxygen atoms in total. The second-order valence-electron chi connectivity index (χ2n) is 7.18. The van der Waals surface area contributed by atoms with Crippen LogP contribution >= 0.6 is 0 Å². The molecule has 1 aliphatic heterocycles. The van der Waals surface area contributed by atoms with E-state index in [9.17, 15) is 0 Å². The second-order valence-corrected chi connectivity index (χ2v) is 17.0. The van der Waals surface area contributed by atoms with Crippen LogP contribution in [0.25, 0.3) is 16.8 Å². The number of fused-ring (bicyclic) bond motifs is 3. The first-order chi connectivity index (χ1) is 8.82. The standard InChI is InChI=1S/C17H22Si2/c1-18(2,3)16-12-14-11-10-13-8-6-7-9-15(13)17(14)19(16,4)5/h6-12H,1-5H3. The van der Waals surface area contributed by atoms with Crippen molar-refractivity contribution in [3.8, 4) is 0 Å². The quantitative estimate of drug-likeness (QED) is 0.672. The van der Waals surface area contributed by atoms with Crippen LogP contribution in [0, 0.1) is 0 Å². The number of hydrogen-bond donors (Lipinski definition) is 0. The van der Waals surface area contributed by atoms with Gasteiger partial charge in [0.1, 0.15) is 8.07 Å². The summed E-state index contributed by atoms with van der Waals surface area (Å²) in [6.07, 6.45) is 2.53. The van der Waals surface area contributed by atoms with Gasteiger partial charge in [0.05, 0.1) is 8.07 Å². The molecule has 0 radical (unpaired) electrons.